The molecular formula is C8H7F6N3O. The summed E-state index contributed by atoms with van der Waals surface area (Å²) >= 11 is 0. The largest absolute Gasteiger partial charge is 0.574 e. The number of nitrogens with zero attached hydrogens (tertiary/aromatic N) is 1. The fourth-order valence-corrected chi connectivity index (χ4v) is 1.17. The van der Waals surface area contributed by atoms with Gasteiger partial charge in [0.05, 0.1) is 11.4 Å². The SMILES string of the molecule is NCc1cc(N)c(C(F)(F)F)c(OC(F)(F)F)n1. The van der Waals surface area contributed by atoms with Crippen LogP contribution in [0.5, 0.6) is 5.88 Å². The first kappa shape index (κ1) is 14.4. The highest BCUT2D eigenvalue weighted by atomic mass is 19.4. The van der Waals surface area contributed by atoms with Crippen LogP contribution in [0.25, 0.3) is 0 Å². The fraction of sp³-hybridized carbons (Fsp3) is 0.375. The number of ether oxygens (including phenoxy) is 1. The first-order chi connectivity index (χ1) is 8.04. The van der Waals surface area contributed by atoms with Crippen molar-refractivity contribution in [3.8, 4) is 5.88 Å². The molecule has 0 spiro atoms. The number of aromatic nitrogens is 1. The standard InChI is InChI=1S/C8H7F6N3O/c9-7(10,11)5-4(16)1-3(2-15)17-6(5)18-8(12,13)14/h1H,2,15H2,(H2,16,17). The average Bonchev–Trinajstić information content (AvgIpc) is 2.11. The van der Waals surface area contributed by atoms with Crippen molar-refractivity contribution in [2.75, 3.05) is 5.73 Å². The lowest BCUT2D eigenvalue weighted by Gasteiger charge is -2.16. The summed E-state index contributed by atoms with van der Waals surface area (Å²) in [6.45, 7) is -0.378. The third kappa shape index (κ3) is 3.39. The highest BCUT2D eigenvalue weighted by Gasteiger charge is 2.42. The zero-order valence-electron chi connectivity index (χ0n) is 8.56. The van der Waals surface area contributed by atoms with Gasteiger partial charge in [0.15, 0.2) is 0 Å². The van der Waals surface area contributed by atoms with E-state index in [0.29, 0.717) is 0 Å². The Bertz CT molecular complexity index is 442. The maximum absolute atomic E-state index is 12.5. The van der Waals surface area contributed by atoms with E-state index in [2.05, 4.69) is 9.72 Å². The van der Waals surface area contributed by atoms with E-state index in [1.807, 2.05) is 0 Å². The zero-order valence-corrected chi connectivity index (χ0v) is 8.56. The molecule has 1 heterocycles. The Labute approximate surface area is 96.5 Å². The number of halogens is 6. The van der Waals surface area contributed by atoms with Gasteiger partial charge in [0, 0.05) is 6.54 Å². The van der Waals surface area contributed by atoms with Crippen LogP contribution in [-0.2, 0) is 12.7 Å². The number of nitrogen functional groups attached to an aromatic ring is 1. The van der Waals surface area contributed by atoms with E-state index in [9.17, 15) is 26.3 Å². The van der Waals surface area contributed by atoms with Gasteiger partial charge in [-0.3, -0.25) is 0 Å². The summed E-state index contributed by atoms with van der Waals surface area (Å²) in [7, 11) is 0. The Morgan fingerprint density at radius 2 is 1.72 bits per heavy atom. The van der Waals surface area contributed by atoms with Gasteiger partial charge in [0.2, 0.25) is 5.88 Å². The lowest BCUT2D eigenvalue weighted by molar-refractivity contribution is -0.277. The summed E-state index contributed by atoms with van der Waals surface area (Å²) in [6.07, 6.45) is -10.4. The lowest BCUT2D eigenvalue weighted by atomic mass is 10.2. The molecule has 0 radical (unpaired) electrons. The van der Waals surface area contributed by atoms with E-state index in [0.717, 1.165) is 6.07 Å². The van der Waals surface area contributed by atoms with E-state index < -0.39 is 29.7 Å². The Balaban J connectivity index is 3.39. The van der Waals surface area contributed by atoms with Gasteiger partial charge >= 0.3 is 12.5 Å². The lowest BCUT2D eigenvalue weighted by Crippen LogP contribution is -2.23. The molecule has 0 atom stereocenters. The second-order valence-corrected chi connectivity index (χ2v) is 3.13. The van der Waals surface area contributed by atoms with Crippen molar-refractivity contribution in [3.05, 3.63) is 17.3 Å². The summed E-state index contributed by atoms with van der Waals surface area (Å²) in [4.78, 5) is 3.04. The number of pyridine rings is 1. The Morgan fingerprint density at radius 1 is 1.17 bits per heavy atom. The van der Waals surface area contributed by atoms with Gasteiger partial charge in [-0.2, -0.15) is 13.2 Å². The molecule has 0 aliphatic carbocycles. The molecule has 18 heavy (non-hydrogen) atoms. The second kappa shape index (κ2) is 4.52. The third-order valence-corrected chi connectivity index (χ3v) is 1.77. The van der Waals surface area contributed by atoms with Crippen molar-refractivity contribution in [2.24, 2.45) is 5.73 Å². The van der Waals surface area contributed by atoms with Crippen molar-refractivity contribution in [1.82, 2.24) is 4.98 Å². The van der Waals surface area contributed by atoms with Crippen LogP contribution in [0, 0.1) is 0 Å². The van der Waals surface area contributed by atoms with Gasteiger partial charge < -0.3 is 16.2 Å². The highest BCUT2D eigenvalue weighted by molar-refractivity contribution is 5.54. The highest BCUT2D eigenvalue weighted by Crippen LogP contribution is 2.41. The fourth-order valence-electron chi connectivity index (χ4n) is 1.17. The van der Waals surface area contributed by atoms with Crippen molar-refractivity contribution in [1.29, 1.82) is 0 Å². The molecule has 0 bridgehead atoms. The normalized spacial score (nSPS) is 12.6. The number of hydrogen-bond donors (Lipinski definition) is 2. The van der Waals surface area contributed by atoms with E-state index in [1.165, 1.54) is 0 Å². The minimum absolute atomic E-state index is 0.250. The number of anilines is 1. The van der Waals surface area contributed by atoms with Crippen molar-refractivity contribution in [3.63, 3.8) is 0 Å². The molecule has 0 saturated carbocycles. The molecule has 4 N–H and O–H groups in total. The molecule has 1 aromatic heterocycles. The summed E-state index contributed by atoms with van der Waals surface area (Å²) < 4.78 is 76.7. The van der Waals surface area contributed by atoms with Gasteiger partial charge in [-0.25, -0.2) is 4.98 Å². The number of alkyl halides is 6. The molecule has 0 aromatic carbocycles. The molecule has 0 unspecified atom stereocenters. The topological polar surface area (TPSA) is 74.2 Å². The minimum Gasteiger partial charge on any atom is -0.398 e. The maximum atomic E-state index is 12.5. The van der Waals surface area contributed by atoms with Gasteiger partial charge in [-0.1, -0.05) is 0 Å². The summed E-state index contributed by atoms with van der Waals surface area (Å²) in [6, 6.07) is 0.742. The molecule has 4 nitrogen and oxygen atoms in total. The van der Waals surface area contributed by atoms with E-state index in [4.69, 9.17) is 11.5 Å². The van der Waals surface area contributed by atoms with Gasteiger partial charge in [-0.15, -0.1) is 13.2 Å². The molecule has 0 aliphatic rings. The Kier molecular flexibility index (Phi) is 3.60. The maximum Gasteiger partial charge on any atom is 0.574 e. The smallest absolute Gasteiger partial charge is 0.398 e. The second-order valence-electron chi connectivity index (χ2n) is 3.13. The van der Waals surface area contributed by atoms with Crippen molar-refractivity contribution < 1.29 is 31.1 Å². The van der Waals surface area contributed by atoms with E-state index in [-0.39, 0.29) is 12.2 Å². The van der Waals surface area contributed by atoms with Crippen LogP contribution in [0.2, 0.25) is 0 Å². The van der Waals surface area contributed by atoms with Gasteiger partial charge in [0.1, 0.15) is 5.56 Å². The Hall–Kier alpha value is -1.71. The average molecular weight is 275 g/mol. The molecule has 1 aromatic rings. The monoisotopic (exact) mass is 275 g/mol. The van der Waals surface area contributed by atoms with Gasteiger partial charge in [0.25, 0.3) is 0 Å². The predicted octanol–water partition coefficient (Wildman–Crippen LogP) is 2.04. The first-order valence-corrected chi connectivity index (χ1v) is 4.37. The van der Waals surface area contributed by atoms with E-state index in [1.54, 1.807) is 0 Å². The van der Waals surface area contributed by atoms with Crippen LogP contribution in [-0.4, -0.2) is 11.3 Å². The van der Waals surface area contributed by atoms with Crippen LogP contribution < -0.4 is 16.2 Å². The molecule has 0 aliphatic heterocycles. The summed E-state index contributed by atoms with van der Waals surface area (Å²) in [5, 5.41) is 0. The molecule has 0 saturated heterocycles. The number of rotatable bonds is 2. The third-order valence-electron chi connectivity index (χ3n) is 1.77. The summed E-state index contributed by atoms with van der Waals surface area (Å²) in [5.74, 6) is -1.66. The molecule has 0 fully saturated rings. The van der Waals surface area contributed by atoms with Crippen molar-refractivity contribution in [2.45, 2.75) is 19.1 Å². The van der Waals surface area contributed by atoms with Crippen LogP contribution in [0.3, 0.4) is 0 Å². The van der Waals surface area contributed by atoms with E-state index >= 15 is 0 Å². The first-order valence-electron chi connectivity index (χ1n) is 4.37. The summed E-state index contributed by atoms with van der Waals surface area (Å²) in [5.41, 5.74) is 7.15. The van der Waals surface area contributed by atoms with Crippen LogP contribution in [0.15, 0.2) is 6.07 Å². The molecular weight excluding hydrogens is 268 g/mol. The molecule has 0 amide bonds. The minimum atomic E-state index is -5.31. The molecule has 1 rings (SSSR count). The molecule has 102 valence electrons. The van der Waals surface area contributed by atoms with Crippen LogP contribution in [0.4, 0.5) is 32.0 Å². The predicted molar refractivity (Wildman–Crippen MR) is 48.2 cm³/mol. The van der Waals surface area contributed by atoms with Crippen molar-refractivity contribution >= 4 is 5.69 Å². The number of nitrogens with two attached hydrogens (primary N) is 2. The quantitative estimate of drug-likeness (QED) is 0.810. The van der Waals surface area contributed by atoms with Crippen LogP contribution >= 0.6 is 0 Å². The van der Waals surface area contributed by atoms with Gasteiger partial charge in [-0.05, 0) is 6.07 Å². The Morgan fingerprint density at radius 3 is 2.11 bits per heavy atom. The molecule has 10 heteroatoms. The van der Waals surface area contributed by atoms with Crippen LogP contribution in [0.1, 0.15) is 11.3 Å². The zero-order chi connectivity index (χ0) is 14.1. The number of hydrogen-bond acceptors (Lipinski definition) is 4.